The highest BCUT2D eigenvalue weighted by molar-refractivity contribution is 7.92. The van der Waals surface area contributed by atoms with Crippen LogP contribution < -0.4 is 14.4 Å². The molecule has 0 saturated heterocycles. The quantitative estimate of drug-likeness (QED) is 0.315. The van der Waals surface area contributed by atoms with Gasteiger partial charge in [-0.3, -0.25) is 13.9 Å². The fraction of sp³-hybridized carbons (Fsp3) is 0.333. The van der Waals surface area contributed by atoms with E-state index < -0.39 is 28.5 Å². The van der Waals surface area contributed by atoms with E-state index in [4.69, 9.17) is 4.74 Å². The lowest BCUT2D eigenvalue weighted by molar-refractivity contribution is -0.139. The van der Waals surface area contributed by atoms with Gasteiger partial charge in [-0.15, -0.1) is 0 Å². The summed E-state index contributed by atoms with van der Waals surface area (Å²) in [6, 6.07) is 21.5. The molecule has 1 N–H and O–H groups in total. The number of ether oxygens (including phenoxy) is 1. The number of hydrogen-bond donors (Lipinski definition) is 1. The summed E-state index contributed by atoms with van der Waals surface area (Å²) in [4.78, 5) is 28.4. The molecule has 0 heterocycles. The van der Waals surface area contributed by atoms with E-state index in [1.165, 1.54) is 24.1 Å². The second kappa shape index (κ2) is 13.8. The first kappa shape index (κ1) is 29.7. The van der Waals surface area contributed by atoms with Crippen LogP contribution in [0.1, 0.15) is 37.8 Å². The molecule has 208 valence electrons. The first-order valence-corrected chi connectivity index (χ1v) is 14.5. The summed E-state index contributed by atoms with van der Waals surface area (Å²) in [5, 5.41) is 2.88. The van der Waals surface area contributed by atoms with Gasteiger partial charge >= 0.3 is 0 Å². The Labute approximate surface area is 231 Å². The molecule has 0 radical (unpaired) electrons. The van der Waals surface area contributed by atoms with Gasteiger partial charge in [-0.25, -0.2) is 8.42 Å². The molecule has 1 atom stereocenters. The van der Waals surface area contributed by atoms with Crippen molar-refractivity contribution in [3.05, 3.63) is 90.0 Å². The SMILES string of the molecule is CCCCNC(=O)C(C)N(Cc1ccccc1)C(=O)CN(c1cccc(OC)c1)S(=O)(=O)c1ccc(C)cc1. The molecule has 3 aromatic rings. The van der Waals surface area contributed by atoms with Gasteiger partial charge in [0.25, 0.3) is 10.0 Å². The van der Waals surface area contributed by atoms with Crippen molar-refractivity contribution >= 4 is 27.5 Å². The van der Waals surface area contributed by atoms with E-state index in [0.717, 1.165) is 28.3 Å². The minimum Gasteiger partial charge on any atom is -0.497 e. The summed E-state index contributed by atoms with van der Waals surface area (Å²) in [6.07, 6.45) is 1.75. The van der Waals surface area contributed by atoms with Crippen LogP contribution >= 0.6 is 0 Å². The minimum absolute atomic E-state index is 0.0590. The Balaban J connectivity index is 2.00. The number of sulfonamides is 1. The third kappa shape index (κ3) is 7.83. The molecule has 39 heavy (non-hydrogen) atoms. The molecule has 0 aliphatic heterocycles. The number of amides is 2. The van der Waals surface area contributed by atoms with Crippen molar-refractivity contribution in [1.82, 2.24) is 10.2 Å². The summed E-state index contributed by atoms with van der Waals surface area (Å²) in [7, 11) is -2.64. The number of rotatable bonds is 13. The van der Waals surface area contributed by atoms with Crippen molar-refractivity contribution in [2.75, 3.05) is 24.5 Å². The Kier molecular flexibility index (Phi) is 10.5. The number of nitrogens with one attached hydrogen (secondary N) is 1. The van der Waals surface area contributed by atoms with Gasteiger partial charge in [0.2, 0.25) is 11.8 Å². The maximum atomic E-state index is 13.9. The van der Waals surface area contributed by atoms with Crippen molar-refractivity contribution < 1.29 is 22.7 Å². The number of methoxy groups -OCH3 is 1. The lowest BCUT2D eigenvalue weighted by Crippen LogP contribution is -2.51. The van der Waals surface area contributed by atoms with Crippen molar-refractivity contribution in [2.45, 2.75) is 51.1 Å². The number of carbonyl (C=O) groups excluding carboxylic acids is 2. The Morgan fingerprint density at radius 2 is 1.67 bits per heavy atom. The first-order chi connectivity index (χ1) is 18.7. The average Bonchev–Trinajstić information content (AvgIpc) is 2.95. The molecule has 0 aromatic heterocycles. The molecule has 0 bridgehead atoms. The molecule has 0 spiro atoms. The standard InChI is InChI=1S/C30H37N3O5S/c1-5-6-19-31-30(35)24(3)32(21-25-11-8-7-9-12-25)29(34)22-33(26-13-10-14-27(20-26)38-4)39(36,37)28-17-15-23(2)16-18-28/h7-18,20,24H,5-6,19,21-22H2,1-4H3,(H,31,35). The molecule has 3 rings (SSSR count). The lowest BCUT2D eigenvalue weighted by Gasteiger charge is -2.32. The summed E-state index contributed by atoms with van der Waals surface area (Å²) >= 11 is 0. The Bertz CT molecular complexity index is 1340. The fourth-order valence-corrected chi connectivity index (χ4v) is 5.44. The van der Waals surface area contributed by atoms with Gasteiger partial charge in [-0.2, -0.15) is 0 Å². The van der Waals surface area contributed by atoms with Gasteiger partial charge in [0.1, 0.15) is 18.3 Å². The number of hydrogen-bond acceptors (Lipinski definition) is 5. The van der Waals surface area contributed by atoms with Gasteiger partial charge in [-0.1, -0.05) is 67.4 Å². The van der Waals surface area contributed by atoms with E-state index in [0.29, 0.717) is 12.3 Å². The monoisotopic (exact) mass is 551 g/mol. The Hall–Kier alpha value is -3.85. The predicted octanol–water partition coefficient (Wildman–Crippen LogP) is 4.53. The Morgan fingerprint density at radius 1 is 0.974 bits per heavy atom. The number of nitrogens with zero attached hydrogens (tertiary/aromatic N) is 2. The van der Waals surface area contributed by atoms with Crippen molar-refractivity contribution in [3.63, 3.8) is 0 Å². The molecule has 3 aromatic carbocycles. The molecule has 0 aliphatic rings. The van der Waals surface area contributed by atoms with Crippen LogP contribution in [0.2, 0.25) is 0 Å². The number of anilines is 1. The average molecular weight is 552 g/mol. The first-order valence-electron chi connectivity index (χ1n) is 13.0. The Morgan fingerprint density at radius 3 is 2.31 bits per heavy atom. The maximum Gasteiger partial charge on any atom is 0.264 e. The van der Waals surface area contributed by atoms with E-state index in [1.54, 1.807) is 43.3 Å². The summed E-state index contributed by atoms with van der Waals surface area (Å²) < 4.78 is 34.1. The van der Waals surface area contributed by atoms with E-state index in [2.05, 4.69) is 5.32 Å². The van der Waals surface area contributed by atoms with E-state index in [1.807, 2.05) is 44.2 Å². The highest BCUT2D eigenvalue weighted by Gasteiger charge is 2.32. The molecule has 9 heteroatoms. The molecule has 0 saturated carbocycles. The zero-order chi connectivity index (χ0) is 28.4. The van der Waals surface area contributed by atoms with E-state index >= 15 is 0 Å². The van der Waals surface area contributed by atoms with E-state index in [-0.39, 0.29) is 23.0 Å². The third-order valence-electron chi connectivity index (χ3n) is 6.42. The van der Waals surface area contributed by atoms with E-state index in [9.17, 15) is 18.0 Å². The largest absolute Gasteiger partial charge is 0.497 e. The second-order valence-corrected chi connectivity index (χ2v) is 11.2. The molecule has 8 nitrogen and oxygen atoms in total. The van der Waals surface area contributed by atoms with Crippen molar-refractivity contribution in [3.8, 4) is 5.75 Å². The van der Waals surface area contributed by atoms with Gasteiger partial charge in [0, 0.05) is 19.2 Å². The van der Waals surface area contributed by atoms with Crippen LogP contribution in [-0.4, -0.2) is 51.4 Å². The topological polar surface area (TPSA) is 96.0 Å². The fourth-order valence-electron chi connectivity index (χ4n) is 4.03. The normalized spacial score (nSPS) is 11.9. The van der Waals surface area contributed by atoms with Gasteiger partial charge < -0.3 is 15.0 Å². The van der Waals surface area contributed by atoms with Crippen LogP contribution in [0.4, 0.5) is 5.69 Å². The highest BCUT2D eigenvalue weighted by Crippen LogP contribution is 2.27. The highest BCUT2D eigenvalue weighted by atomic mass is 32.2. The summed E-state index contributed by atoms with van der Waals surface area (Å²) in [6.45, 7) is 5.72. The molecular formula is C30H37N3O5S. The number of benzene rings is 3. The summed E-state index contributed by atoms with van der Waals surface area (Å²) in [5.74, 6) is -0.341. The van der Waals surface area contributed by atoms with Crippen LogP contribution in [0.15, 0.2) is 83.8 Å². The smallest absolute Gasteiger partial charge is 0.264 e. The van der Waals surface area contributed by atoms with Crippen molar-refractivity contribution in [2.24, 2.45) is 0 Å². The van der Waals surface area contributed by atoms with Crippen LogP contribution in [0.5, 0.6) is 5.75 Å². The van der Waals surface area contributed by atoms with Crippen molar-refractivity contribution in [1.29, 1.82) is 0 Å². The maximum absolute atomic E-state index is 13.9. The summed E-state index contributed by atoms with van der Waals surface area (Å²) in [5.41, 5.74) is 2.02. The molecule has 2 amide bonds. The predicted molar refractivity (Wildman–Crippen MR) is 153 cm³/mol. The molecular weight excluding hydrogens is 514 g/mol. The van der Waals surface area contributed by atoms with Crippen LogP contribution in [0.25, 0.3) is 0 Å². The molecule has 1 unspecified atom stereocenters. The van der Waals surface area contributed by atoms with Gasteiger partial charge in [-0.05, 0) is 50.1 Å². The van der Waals surface area contributed by atoms with Gasteiger partial charge in [0.05, 0.1) is 17.7 Å². The van der Waals surface area contributed by atoms with Gasteiger partial charge in [0.15, 0.2) is 0 Å². The van der Waals surface area contributed by atoms with Crippen LogP contribution in [0, 0.1) is 6.92 Å². The second-order valence-electron chi connectivity index (χ2n) is 9.35. The number of aryl methyl sites for hydroxylation is 1. The van der Waals surface area contributed by atoms with Crippen LogP contribution in [0.3, 0.4) is 0 Å². The number of unbranched alkanes of at least 4 members (excludes halogenated alkanes) is 1. The third-order valence-corrected chi connectivity index (χ3v) is 8.21. The zero-order valence-corrected chi connectivity index (χ0v) is 23.8. The molecule has 0 aliphatic carbocycles. The molecule has 0 fully saturated rings. The number of carbonyl (C=O) groups is 2. The zero-order valence-electron chi connectivity index (χ0n) is 23.0. The lowest BCUT2D eigenvalue weighted by atomic mass is 10.1. The minimum atomic E-state index is -4.13. The van der Waals surface area contributed by atoms with Crippen LogP contribution in [-0.2, 0) is 26.2 Å².